The number of hydrogen-bond acceptors (Lipinski definition) is 6. The summed E-state index contributed by atoms with van der Waals surface area (Å²) in [5.41, 5.74) is 4.35. The lowest BCUT2D eigenvalue weighted by Gasteiger charge is -2.22. The Morgan fingerprint density at radius 2 is 1.58 bits per heavy atom. The lowest BCUT2D eigenvalue weighted by Crippen LogP contribution is -2.15. The van der Waals surface area contributed by atoms with Gasteiger partial charge in [0.25, 0.3) is 0 Å². The zero-order valence-electron chi connectivity index (χ0n) is 21.3. The minimum absolute atomic E-state index is 0.341. The summed E-state index contributed by atoms with van der Waals surface area (Å²) < 4.78 is 10.4. The SMILES string of the molecule is CC(=O)Oc1ccc(C(=O)COC(=O)c2cc(-c3ccc(C4CCCCC4)cc3)nc3ccccc23)cc1. The predicted octanol–water partition coefficient (Wildman–Crippen LogP) is 6.91. The van der Waals surface area contributed by atoms with Crippen molar-refractivity contribution in [3.05, 3.63) is 95.6 Å². The van der Waals surface area contributed by atoms with E-state index in [-0.39, 0.29) is 5.78 Å². The van der Waals surface area contributed by atoms with Crippen molar-refractivity contribution in [1.29, 1.82) is 0 Å². The first kappa shape index (κ1) is 25.3. The number of rotatable bonds is 7. The van der Waals surface area contributed by atoms with Crippen LogP contribution in [0.1, 0.15) is 71.2 Å². The summed E-state index contributed by atoms with van der Waals surface area (Å²) in [5.74, 6) is -0.433. The first-order chi connectivity index (χ1) is 18.5. The van der Waals surface area contributed by atoms with Gasteiger partial charge in [0, 0.05) is 23.4 Å². The Hall–Kier alpha value is -4.32. The number of para-hydroxylation sites is 1. The molecule has 0 N–H and O–H groups in total. The Kier molecular flexibility index (Phi) is 7.59. The maximum absolute atomic E-state index is 13.2. The molecule has 3 aromatic carbocycles. The van der Waals surface area contributed by atoms with E-state index in [0.29, 0.717) is 39.4 Å². The van der Waals surface area contributed by atoms with E-state index in [4.69, 9.17) is 14.5 Å². The van der Waals surface area contributed by atoms with Crippen LogP contribution in [0.5, 0.6) is 5.75 Å². The highest BCUT2D eigenvalue weighted by atomic mass is 16.5. The molecule has 1 heterocycles. The van der Waals surface area contributed by atoms with Crippen LogP contribution in [-0.2, 0) is 9.53 Å². The topological polar surface area (TPSA) is 82.6 Å². The van der Waals surface area contributed by atoms with Crippen molar-refractivity contribution in [3.63, 3.8) is 0 Å². The van der Waals surface area contributed by atoms with E-state index in [1.165, 1.54) is 68.9 Å². The van der Waals surface area contributed by atoms with Crippen molar-refractivity contribution in [2.45, 2.75) is 44.9 Å². The Labute approximate surface area is 221 Å². The average molecular weight is 508 g/mol. The molecule has 1 aromatic heterocycles. The molecular weight excluding hydrogens is 478 g/mol. The van der Waals surface area contributed by atoms with Gasteiger partial charge in [0.05, 0.1) is 16.8 Å². The number of ketones is 1. The van der Waals surface area contributed by atoms with Gasteiger partial charge >= 0.3 is 11.9 Å². The van der Waals surface area contributed by atoms with Gasteiger partial charge in [-0.15, -0.1) is 0 Å². The van der Waals surface area contributed by atoms with Crippen molar-refractivity contribution in [3.8, 4) is 17.0 Å². The number of fused-ring (bicyclic) bond motifs is 1. The summed E-state index contributed by atoms with van der Waals surface area (Å²) in [5, 5.41) is 0.665. The van der Waals surface area contributed by atoms with E-state index in [9.17, 15) is 14.4 Å². The number of carbonyl (C=O) groups excluding carboxylic acids is 3. The minimum atomic E-state index is -0.589. The Morgan fingerprint density at radius 1 is 0.868 bits per heavy atom. The van der Waals surface area contributed by atoms with Crippen LogP contribution in [0.15, 0.2) is 78.9 Å². The van der Waals surface area contributed by atoms with Gasteiger partial charge in [-0.1, -0.05) is 61.7 Å². The van der Waals surface area contributed by atoms with Gasteiger partial charge in [-0.3, -0.25) is 9.59 Å². The van der Waals surface area contributed by atoms with Crippen molar-refractivity contribution in [1.82, 2.24) is 4.98 Å². The number of aromatic nitrogens is 1. The fourth-order valence-electron chi connectivity index (χ4n) is 5.02. The Bertz CT molecular complexity index is 1470. The molecule has 0 bridgehead atoms. The van der Waals surface area contributed by atoms with E-state index in [1.807, 2.05) is 24.3 Å². The molecule has 1 saturated carbocycles. The number of pyridine rings is 1. The highest BCUT2D eigenvalue weighted by molar-refractivity contribution is 6.06. The summed E-state index contributed by atoms with van der Waals surface area (Å²) in [7, 11) is 0. The first-order valence-electron chi connectivity index (χ1n) is 13.0. The lowest BCUT2D eigenvalue weighted by molar-refractivity contribution is -0.131. The molecule has 0 amide bonds. The third kappa shape index (κ3) is 5.80. The maximum Gasteiger partial charge on any atom is 0.339 e. The highest BCUT2D eigenvalue weighted by Gasteiger charge is 2.19. The summed E-state index contributed by atoms with van der Waals surface area (Å²) in [4.78, 5) is 41.7. The standard InChI is InChI=1S/C32H29NO5/c1-21(34)38-26-17-15-25(16-18-26)31(35)20-37-32(36)28-19-30(33-29-10-6-5-9-27(28)29)24-13-11-23(12-14-24)22-7-3-2-4-8-22/h5-6,9-19,22H,2-4,7-8,20H2,1H3. The zero-order valence-corrected chi connectivity index (χ0v) is 21.3. The van der Waals surface area contributed by atoms with E-state index < -0.39 is 18.5 Å². The van der Waals surface area contributed by atoms with Crippen LogP contribution in [0, 0.1) is 0 Å². The molecular formula is C32H29NO5. The van der Waals surface area contributed by atoms with Gasteiger partial charge in [0.2, 0.25) is 0 Å². The monoisotopic (exact) mass is 507 g/mol. The Balaban J connectivity index is 1.34. The van der Waals surface area contributed by atoms with Crippen LogP contribution in [0.25, 0.3) is 22.2 Å². The van der Waals surface area contributed by atoms with Crippen LogP contribution < -0.4 is 4.74 Å². The summed E-state index contributed by atoms with van der Waals surface area (Å²) in [6, 6.07) is 23.7. The number of esters is 2. The third-order valence-electron chi connectivity index (χ3n) is 6.99. The van der Waals surface area contributed by atoms with E-state index >= 15 is 0 Å². The number of Topliss-reactive ketones (excluding diaryl/α,β-unsaturated/α-hetero) is 1. The average Bonchev–Trinajstić information content (AvgIpc) is 2.96. The van der Waals surface area contributed by atoms with Crippen molar-refractivity contribution in [2.24, 2.45) is 0 Å². The fourth-order valence-corrected chi connectivity index (χ4v) is 5.02. The molecule has 6 nitrogen and oxygen atoms in total. The molecule has 5 rings (SSSR count). The minimum Gasteiger partial charge on any atom is -0.454 e. The fraction of sp³-hybridized carbons (Fsp3) is 0.250. The summed E-state index contributed by atoms with van der Waals surface area (Å²) in [6.07, 6.45) is 6.36. The summed E-state index contributed by atoms with van der Waals surface area (Å²) >= 11 is 0. The normalized spacial score (nSPS) is 13.7. The molecule has 1 aliphatic rings. The molecule has 0 atom stereocenters. The molecule has 38 heavy (non-hydrogen) atoms. The van der Waals surface area contributed by atoms with Crippen LogP contribution in [0.2, 0.25) is 0 Å². The van der Waals surface area contributed by atoms with Crippen molar-refractivity contribution < 1.29 is 23.9 Å². The first-order valence-corrected chi connectivity index (χ1v) is 13.0. The smallest absolute Gasteiger partial charge is 0.339 e. The van der Waals surface area contributed by atoms with Gasteiger partial charge in [0.15, 0.2) is 12.4 Å². The van der Waals surface area contributed by atoms with Crippen LogP contribution in [0.3, 0.4) is 0 Å². The van der Waals surface area contributed by atoms with Gasteiger partial charge < -0.3 is 9.47 Å². The number of benzene rings is 3. The van der Waals surface area contributed by atoms with E-state index in [1.54, 1.807) is 6.07 Å². The van der Waals surface area contributed by atoms with Gasteiger partial charge in [0.1, 0.15) is 5.75 Å². The third-order valence-corrected chi connectivity index (χ3v) is 6.99. The molecule has 0 saturated heterocycles. The van der Waals surface area contributed by atoms with Crippen LogP contribution in [0.4, 0.5) is 0 Å². The quantitative estimate of drug-likeness (QED) is 0.153. The second-order valence-electron chi connectivity index (χ2n) is 9.65. The second-order valence-corrected chi connectivity index (χ2v) is 9.65. The zero-order chi connectivity index (χ0) is 26.5. The molecule has 4 aromatic rings. The lowest BCUT2D eigenvalue weighted by atomic mass is 9.84. The van der Waals surface area contributed by atoms with Gasteiger partial charge in [-0.2, -0.15) is 0 Å². The molecule has 6 heteroatoms. The number of ether oxygens (including phenoxy) is 2. The highest BCUT2D eigenvalue weighted by Crippen LogP contribution is 2.34. The van der Waals surface area contributed by atoms with Gasteiger partial charge in [-0.25, -0.2) is 9.78 Å². The largest absolute Gasteiger partial charge is 0.454 e. The van der Waals surface area contributed by atoms with Crippen LogP contribution in [-0.4, -0.2) is 29.3 Å². The van der Waals surface area contributed by atoms with Crippen molar-refractivity contribution >= 4 is 28.6 Å². The number of carbonyl (C=O) groups is 3. The second kappa shape index (κ2) is 11.4. The molecule has 1 aliphatic carbocycles. The number of nitrogens with zero attached hydrogens (tertiary/aromatic N) is 1. The van der Waals surface area contributed by atoms with Gasteiger partial charge in [-0.05, 0) is 60.7 Å². The molecule has 192 valence electrons. The van der Waals surface area contributed by atoms with Crippen molar-refractivity contribution in [2.75, 3.05) is 6.61 Å². The van der Waals surface area contributed by atoms with E-state index in [0.717, 1.165) is 5.56 Å². The molecule has 0 radical (unpaired) electrons. The summed E-state index contributed by atoms with van der Waals surface area (Å²) in [6.45, 7) is 0.896. The Morgan fingerprint density at radius 3 is 2.29 bits per heavy atom. The molecule has 0 unspecified atom stereocenters. The number of hydrogen-bond donors (Lipinski definition) is 0. The molecule has 1 fully saturated rings. The van der Waals surface area contributed by atoms with E-state index in [2.05, 4.69) is 24.3 Å². The predicted molar refractivity (Wildman–Crippen MR) is 145 cm³/mol. The molecule has 0 aliphatic heterocycles. The van der Waals surface area contributed by atoms with Crippen LogP contribution >= 0.6 is 0 Å². The molecule has 0 spiro atoms. The maximum atomic E-state index is 13.2.